The summed E-state index contributed by atoms with van der Waals surface area (Å²) in [4.78, 5) is 27.0. The number of esters is 1. The highest BCUT2D eigenvalue weighted by Gasteiger charge is 2.14. The quantitative estimate of drug-likeness (QED) is 0.252. The molecule has 1 aromatic carbocycles. The van der Waals surface area contributed by atoms with Gasteiger partial charge >= 0.3 is 5.97 Å². The fraction of sp³-hybridized carbons (Fsp3) is 0.111. The lowest BCUT2D eigenvalue weighted by Gasteiger charge is -2.18. The van der Waals surface area contributed by atoms with E-state index >= 15 is 0 Å². The molecule has 0 saturated heterocycles. The van der Waals surface area contributed by atoms with Crippen LogP contribution in [0.1, 0.15) is 10.4 Å². The van der Waals surface area contributed by atoms with Crippen molar-refractivity contribution < 1.29 is 9.53 Å². The van der Waals surface area contributed by atoms with Gasteiger partial charge in [-0.25, -0.2) is 19.7 Å². The molecule has 27 heavy (non-hydrogen) atoms. The number of nitrogens with zero attached hydrogens (tertiary/aromatic N) is 4. The molecule has 0 bridgehead atoms. The minimum atomic E-state index is -0.551. The lowest BCUT2D eigenvalue weighted by molar-refractivity contribution is 0.0735. The average Bonchev–Trinajstić information content (AvgIpc) is 2.69. The lowest BCUT2D eigenvalue weighted by atomic mass is 10.2. The van der Waals surface area contributed by atoms with E-state index < -0.39 is 5.97 Å². The lowest BCUT2D eigenvalue weighted by Crippen LogP contribution is -2.14. The molecule has 9 heteroatoms. The highest BCUT2D eigenvalue weighted by Crippen LogP contribution is 2.28. The summed E-state index contributed by atoms with van der Waals surface area (Å²) in [5.41, 5.74) is 1.08. The third kappa shape index (κ3) is 4.68. The van der Waals surface area contributed by atoms with Crippen molar-refractivity contribution in [1.82, 2.24) is 15.0 Å². The molecule has 3 rings (SSSR count). The first-order valence-corrected chi connectivity index (χ1v) is 9.69. The second-order valence-corrected chi connectivity index (χ2v) is 6.97. The Morgan fingerprint density at radius 1 is 1.11 bits per heavy atom. The summed E-state index contributed by atoms with van der Waals surface area (Å²) in [5, 5.41) is 1.40. The zero-order chi connectivity index (χ0) is 19.4. The van der Waals surface area contributed by atoms with Gasteiger partial charge in [0.15, 0.2) is 5.16 Å². The molecule has 0 aliphatic rings. The molecule has 2 aromatic heterocycles. The van der Waals surface area contributed by atoms with Gasteiger partial charge in [-0.3, -0.25) is 0 Å². The number of aromatic nitrogens is 3. The predicted octanol–water partition coefficient (Wildman–Crippen LogP) is 4.89. The van der Waals surface area contributed by atoms with E-state index in [1.54, 1.807) is 41.6 Å². The molecule has 0 aliphatic heterocycles. The van der Waals surface area contributed by atoms with E-state index in [9.17, 15) is 4.79 Å². The summed E-state index contributed by atoms with van der Waals surface area (Å²) in [6.45, 7) is 0. The van der Waals surface area contributed by atoms with Gasteiger partial charge in [0.25, 0.3) is 0 Å². The molecule has 6 nitrogen and oxygen atoms in total. The van der Waals surface area contributed by atoms with Crippen molar-refractivity contribution in [3.63, 3.8) is 0 Å². The SMILES string of the molecule is CSc1ncc(N(C)c2cc(C(=O)Oc3ccc(Cl)cc3Cl)ccn2)cn1. The number of anilines is 2. The van der Waals surface area contributed by atoms with Crippen LogP contribution in [-0.4, -0.2) is 34.2 Å². The van der Waals surface area contributed by atoms with Crippen molar-refractivity contribution in [2.75, 3.05) is 18.2 Å². The molecule has 2 heterocycles. The van der Waals surface area contributed by atoms with Crippen molar-refractivity contribution in [3.8, 4) is 5.75 Å². The van der Waals surface area contributed by atoms with E-state index in [2.05, 4.69) is 15.0 Å². The van der Waals surface area contributed by atoms with Gasteiger partial charge in [-0.05, 0) is 36.6 Å². The molecule has 0 fully saturated rings. The summed E-state index contributed by atoms with van der Waals surface area (Å²) in [5.74, 6) is 0.233. The number of carbonyl (C=O) groups excluding carboxylic acids is 1. The molecule has 0 unspecified atom stereocenters. The maximum Gasteiger partial charge on any atom is 0.343 e. The molecule has 0 aliphatic carbocycles. The van der Waals surface area contributed by atoms with Crippen LogP contribution in [0.25, 0.3) is 0 Å². The van der Waals surface area contributed by atoms with Gasteiger partial charge in [-0.15, -0.1) is 0 Å². The average molecular weight is 421 g/mol. The Balaban J connectivity index is 1.80. The van der Waals surface area contributed by atoms with Crippen LogP contribution in [0, 0.1) is 0 Å². The highest BCUT2D eigenvalue weighted by molar-refractivity contribution is 7.98. The summed E-state index contributed by atoms with van der Waals surface area (Å²) in [7, 11) is 1.81. The summed E-state index contributed by atoms with van der Waals surface area (Å²) >= 11 is 13.4. The van der Waals surface area contributed by atoms with E-state index in [-0.39, 0.29) is 10.8 Å². The van der Waals surface area contributed by atoms with Crippen molar-refractivity contribution in [2.45, 2.75) is 5.16 Å². The van der Waals surface area contributed by atoms with Crippen LogP contribution in [0.5, 0.6) is 5.75 Å². The van der Waals surface area contributed by atoms with Crippen LogP contribution in [0.4, 0.5) is 11.5 Å². The first kappa shape index (κ1) is 19.4. The molecule has 3 aromatic rings. The van der Waals surface area contributed by atoms with Crippen LogP contribution >= 0.6 is 35.0 Å². The standard InChI is InChI=1S/C18H14Cl2N4O2S/c1-24(13-9-22-18(27-2)23-10-13)16-7-11(5-6-21-16)17(25)26-15-4-3-12(19)8-14(15)20/h3-10H,1-2H3. The third-order valence-corrected chi connectivity index (χ3v) is 4.71. The number of halogens is 2. The Morgan fingerprint density at radius 3 is 2.52 bits per heavy atom. The fourth-order valence-electron chi connectivity index (χ4n) is 2.17. The molecule has 0 spiro atoms. The van der Waals surface area contributed by atoms with E-state index in [0.717, 1.165) is 5.69 Å². The molecule has 0 atom stereocenters. The molecule has 0 N–H and O–H groups in total. The molecule has 0 amide bonds. The molecule has 0 saturated carbocycles. The molecule has 0 radical (unpaired) electrons. The summed E-state index contributed by atoms with van der Waals surface area (Å²) < 4.78 is 5.35. The van der Waals surface area contributed by atoms with Crippen LogP contribution in [0.3, 0.4) is 0 Å². The van der Waals surface area contributed by atoms with Gasteiger partial charge in [-0.2, -0.15) is 0 Å². The normalized spacial score (nSPS) is 10.5. The number of benzene rings is 1. The van der Waals surface area contributed by atoms with Crippen LogP contribution in [-0.2, 0) is 0 Å². The van der Waals surface area contributed by atoms with Gasteiger partial charge in [-0.1, -0.05) is 35.0 Å². The Kier molecular flexibility index (Phi) is 6.15. The maximum absolute atomic E-state index is 12.5. The number of hydrogen-bond donors (Lipinski definition) is 0. The molecular formula is C18H14Cl2N4O2S. The van der Waals surface area contributed by atoms with E-state index in [1.807, 2.05) is 13.3 Å². The topological polar surface area (TPSA) is 68.2 Å². The first-order valence-electron chi connectivity index (χ1n) is 7.71. The Hall–Kier alpha value is -2.35. The Bertz CT molecular complexity index is 970. The van der Waals surface area contributed by atoms with E-state index in [0.29, 0.717) is 21.6 Å². The van der Waals surface area contributed by atoms with Crippen molar-refractivity contribution >= 4 is 52.4 Å². The van der Waals surface area contributed by atoms with Crippen LogP contribution < -0.4 is 9.64 Å². The van der Waals surface area contributed by atoms with Gasteiger partial charge in [0.05, 0.1) is 28.7 Å². The smallest absolute Gasteiger partial charge is 0.343 e. The van der Waals surface area contributed by atoms with Crippen molar-refractivity contribution in [1.29, 1.82) is 0 Å². The number of pyridine rings is 1. The predicted molar refractivity (Wildman–Crippen MR) is 108 cm³/mol. The number of hydrogen-bond acceptors (Lipinski definition) is 7. The molecular weight excluding hydrogens is 407 g/mol. The van der Waals surface area contributed by atoms with Gasteiger partial charge in [0, 0.05) is 18.3 Å². The zero-order valence-electron chi connectivity index (χ0n) is 14.4. The largest absolute Gasteiger partial charge is 0.421 e. The number of carbonyl (C=O) groups is 1. The second kappa shape index (κ2) is 8.56. The number of thioether (sulfide) groups is 1. The monoisotopic (exact) mass is 420 g/mol. The zero-order valence-corrected chi connectivity index (χ0v) is 16.7. The van der Waals surface area contributed by atoms with E-state index in [4.69, 9.17) is 27.9 Å². The molecule has 138 valence electrons. The highest BCUT2D eigenvalue weighted by atomic mass is 35.5. The van der Waals surface area contributed by atoms with Crippen molar-refractivity contribution in [3.05, 3.63) is 64.5 Å². The van der Waals surface area contributed by atoms with E-state index in [1.165, 1.54) is 24.0 Å². The van der Waals surface area contributed by atoms with Gasteiger partial charge < -0.3 is 9.64 Å². The minimum absolute atomic E-state index is 0.235. The Labute approximate surface area is 170 Å². The number of ether oxygens (including phenoxy) is 1. The number of rotatable bonds is 5. The second-order valence-electron chi connectivity index (χ2n) is 5.35. The summed E-state index contributed by atoms with van der Waals surface area (Å²) in [6, 6.07) is 7.84. The summed E-state index contributed by atoms with van der Waals surface area (Å²) in [6.07, 6.45) is 6.82. The third-order valence-electron chi connectivity index (χ3n) is 3.61. The van der Waals surface area contributed by atoms with Gasteiger partial charge in [0.2, 0.25) is 0 Å². The minimum Gasteiger partial charge on any atom is -0.421 e. The van der Waals surface area contributed by atoms with Crippen molar-refractivity contribution in [2.24, 2.45) is 0 Å². The fourth-order valence-corrected chi connectivity index (χ4v) is 2.93. The Morgan fingerprint density at radius 2 is 1.85 bits per heavy atom. The maximum atomic E-state index is 12.5. The van der Waals surface area contributed by atoms with Gasteiger partial charge in [0.1, 0.15) is 11.6 Å². The van der Waals surface area contributed by atoms with Crippen LogP contribution in [0.15, 0.2) is 54.1 Å². The van der Waals surface area contributed by atoms with Crippen LogP contribution in [0.2, 0.25) is 10.0 Å². The first-order chi connectivity index (χ1) is 13.0.